The Morgan fingerprint density at radius 1 is 1.13 bits per heavy atom. The third-order valence-corrected chi connectivity index (χ3v) is 5.51. The van der Waals surface area contributed by atoms with Crippen molar-refractivity contribution < 1.29 is 9.18 Å². The highest BCUT2D eigenvalue weighted by atomic mass is 35.5. The van der Waals surface area contributed by atoms with Gasteiger partial charge in [0.2, 0.25) is 0 Å². The molecule has 4 rings (SSSR count). The molecule has 0 bridgehead atoms. The SMILES string of the molecule is Cc1nc2c(C(=O)NCc3ccc(F)cc3)cnn2c(C)c1Cc1ccccc1Cl. The minimum absolute atomic E-state index is 0.278. The number of hydrogen-bond donors (Lipinski definition) is 1. The van der Waals surface area contributed by atoms with Crippen molar-refractivity contribution in [2.24, 2.45) is 0 Å². The molecule has 0 aliphatic heterocycles. The quantitative estimate of drug-likeness (QED) is 0.509. The van der Waals surface area contributed by atoms with Crippen LogP contribution < -0.4 is 5.32 Å². The first-order valence-electron chi connectivity index (χ1n) is 9.54. The number of amides is 1. The number of nitrogens with zero attached hydrogens (tertiary/aromatic N) is 3. The van der Waals surface area contributed by atoms with Crippen molar-refractivity contribution in [3.8, 4) is 0 Å². The molecule has 1 N–H and O–H groups in total. The van der Waals surface area contributed by atoms with Crippen LogP contribution >= 0.6 is 11.6 Å². The van der Waals surface area contributed by atoms with Crippen LogP contribution in [-0.4, -0.2) is 20.5 Å². The number of nitrogens with one attached hydrogen (secondary N) is 1. The molecule has 0 aliphatic rings. The van der Waals surface area contributed by atoms with Crippen LogP contribution in [0, 0.1) is 19.7 Å². The predicted molar refractivity (Wildman–Crippen MR) is 114 cm³/mol. The first kappa shape index (κ1) is 20.0. The number of halogens is 2. The molecule has 2 aromatic heterocycles. The number of aryl methyl sites for hydroxylation is 2. The lowest BCUT2D eigenvalue weighted by Gasteiger charge is -2.12. The monoisotopic (exact) mass is 422 g/mol. The summed E-state index contributed by atoms with van der Waals surface area (Å²) < 4.78 is 14.7. The molecule has 0 fully saturated rings. The molecule has 0 atom stereocenters. The first-order chi connectivity index (χ1) is 14.4. The maximum Gasteiger partial charge on any atom is 0.257 e. The van der Waals surface area contributed by atoms with E-state index in [0.717, 1.165) is 28.1 Å². The lowest BCUT2D eigenvalue weighted by Crippen LogP contribution is -2.23. The van der Waals surface area contributed by atoms with E-state index < -0.39 is 0 Å². The molecule has 0 spiro atoms. The van der Waals surface area contributed by atoms with Crippen LogP contribution in [-0.2, 0) is 13.0 Å². The second kappa shape index (κ2) is 8.24. The van der Waals surface area contributed by atoms with E-state index in [0.29, 0.717) is 29.2 Å². The summed E-state index contributed by atoms with van der Waals surface area (Å²) in [6, 6.07) is 13.7. The zero-order chi connectivity index (χ0) is 21.3. The van der Waals surface area contributed by atoms with Crippen molar-refractivity contribution in [1.82, 2.24) is 19.9 Å². The third kappa shape index (κ3) is 3.91. The number of aromatic nitrogens is 3. The smallest absolute Gasteiger partial charge is 0.257 e. The molecule has 30 heavy (non-hydrogen) atoms. The molecule has 5 nitrogen and oxygen atoms in total. The van der Waals surface area contributed by atoms with Gasteiger partial charge in [-0.1, -0.05) is 41.9 Å². The van der Waals surface area contributed by atoms with E-state index in [-0.39, 0.29) is 11.7 Å². The van der Waals surface area contributed by atoms with Gasteiger partial charge in [-0.3, -0.25) is 4.79 Å². The van der Waals surface area contributed by atoms with Crippen molar-refractivity contribution in [1.29, 1.82) is 0 Å². The number of rotatable bonds is 5. The Hall–Kier alpha value is -3.25. The van der Waals surface area contributed by atoms with Crippen LogP contribution in [0.1, 0.15) is 38.4 Å². The van der Waals surface area contributed by atoms with Crippen molar-refractivity contribution in [2.75, 3.05) is 0 Å². The lowest BCUT2D eigenvalue weighted by atomic mass is 10.0. The number of carbonyl (C=O) groups excluding carboxylic acids is 1. The van der Waals surface area contributed by atoms with Crippen molar-refractivity contribution >= 4 is 23.2 Å². The number of fused-ring (bicyclic) bond motifs is 1. The summed E-state index contributed by atoms with van der Waals surface area (Å²) in [5.41, 5.74) is 5.48. The van der Waals surface area contributed by atoms with Gasteiger partial charge in [0.05, 0.1) is 6.20 Å². The number of hydrogen-bond acceptors (Lipinski definition) is 3. The van der Waals surface area contributed by atoms with Gasteiger partial charge in [-0.15, -0.1) is 0 Å². The van der Waals surface area contributed by atoms with E-state index in [2.05, 4.69) is 15.4 Å². The third-order valence-electron chi connectivity index (χ3n) is 5.14. The summed E-state index contributed by atoms with van der Waals surface area (Å²) in [7, 11) is 0. The van der Waals surface area contributed by atoms with Gasteiger partial charge in [-0.2, -0.15) is 5.10 Å². The minimum Gasteiger partial charge on any atom is -0.348 e. The Kier molecular flexibility index (Phi) is 5.50. The van der Waals surface area contributed by atoms with E-state index >= 15 is 0 Å². The van der Waals surface area contributed by atoms with Crippen molar-refractivity contribution in [3.63, 3.8) is 0 Å². The second-order valence-corrected chi connectivity index (χ2v) is 7.54. The lowest BCUT2D eigenvalue weighted by molar-refractivity contribution is 0.0952. The Labute approximate surface area is 178 Å². The summed E-state index contributed by atoms with van der Waals surface area (Å²) >= 11 is 6.32. The van der Waals surface area contributed by atoms with E-state index in [1.54, 1.807) is 16.6 Å². The molecule has 2 aromatic carbocycles. The van der Waals surface area contributed by atoms with Gasteiger partial charge in [0.1, 0.15) is 11.4 Å². The van der Waals surface area contributed by atoms with Crippen LogP contribution in [0.2, 0.25) is 5.02 Å². The van der Waals surface area contributed by atoms with Crippen LogP contribution in [0.15, 0.2) is 54.7 Å². The van der Waals surface area contributed by atoms with E-state index in [1.807, 2.05) is 38.1 Å². The molecular formula is C23H20ClFN4O. The fourth-order valence-corrected chi connectivity index (χ4v) is 3.64. The van der Waals surface area contributed by atoms with Crippen LogP contribution in [0.4, 0.5) is 4.39 Å². The zero-order valence-corrected chi connectivity index (χ0v) is 17.4. The van der Waals surface area contributed by atoms with Gasteiger partial charge in [0.15, 0.2) is 5.65 Å². The number of carbonyl (C=O) groups is 1. The van der Waals surface area contributed by atoms with E-state index in [4.69, 9.17) is 11.6 Å². The average Bonchev–Trinajstić information content (AvgIpc) is 3.15. The Morgan fingerprint density at radius 3 is 2.60 bits per heavy atom. The van der Waals surface area contributed by atoms with Gasteiger partial charge in [0.25, 0.3) is 5.91 Å². The van der Waals surface area contributed by atoms with Gasteiger partial charge < -0.3 is 5.32 Å². The molecule has 0 aliphatic carbocycles. The summed E-state index contributed by atoms with van der Waals surface area (Å²) in [6.07, 6.45) is 2.15. The highest BCUT2D eigenvalue weighted by molar-refractivity contribution is 6.31. The fraction of sp³-hybridized carbons (Fsp3) is 0.174. The highest BCUT2D eigenvalue weighted by Gasteiger charge is 2.18. The topological polar surface area (TPSA) is 59.3 Å². The molecule has 1 amide bonds. The summed E-state index contributed by atoms with van der Waals surface area (Å²) in [4.78, 5) is 17.4. The van der Waals surface area contributed by atoms with Gasteiger partial charge >= 0.3 is 0 Å². The van der Waals surface area contributed by atoms with Crippen LogP contribution in [0.25, 0.3) is 5.65 Å². The summed E-state index contributed by atoms with van der Waals surface area (Å²) in [5.74, 6) is -0.588. The van der Waals surface area contributed by atoms with E-state index in [1.165, 1.54) is 18.3 Å². The van der Waals surface area contributed by atoms with E-state index in [9.17, 15) is 9.18 Å². The first-order valence-corrected chi connectivity index (χ1v) is 9.91. The Bertz CT molecular complexity index is 1230. The molecular weight excluding hydrogens is 403 g/mol. The maximum atomic E-state index is 13.0. The van der Waals surface area contributed by atoms with Gasteiger partial charge in [-0.25, -0.2) is 13.9 Å². The standard InChI is InChI=1S/C23H20ClFN4O/c1-14-19(11-17-5-3-4-6-21(17)24)15(2)29-22(28-14)20(13-27-29)23(30)26-12-16-7-9-18(25)10-8-16/h3-10,13H,11-12H2,1-2H3,(H,26,30). The predicted octanol–water partition coefficient (Wildman–Crippen LogP) is 4.66. The van der Waals surface area contributed by atoms with Gasteiger partial charge in [0, 0.05) is 29.4 Å². The largest absolute Gasteiger partial charge is 0.348 e. The summed E-state index contributed by atoms with van der Waals surface area (Å²) in [6.45, 7) is 4.17. The van der Waals surface area contributed by atoms with Crippen LogP contribution in [0.5, 0.6) is 0 Å². The molecule has 152 valence electrons. The minimum atomic E-state index is -0.310. The highest BCUT2D eigenvalue weighted by Crippen LogP contribution is 2.24. The van der Waals surface area contributed by atoms with Crippen LogP contribution in [0.3, 0.4) is 0 Å². The maximum absolute atomic E-state index is 13.0. The molecule has 0 saturated heterocycles. The fourth-order valence-electron chi connectivity index (χ4n) is 3.44. The van der Waals surface area contributed by atoms with Gasteiger partial charge in [-0.05, 0) is 48.7 Å². The second-order valence-electron chi connectivity index (χ2n) is 7.13. The molecule has 4 aromatic rings. The molecule has 7 heteroatoms. The number of benzene rings is 2. The normalized spacial score (nSPS) is 11.1. The zero-order valence-electron chi connectivity index (χ0n) is 16.6. The molecule has 0 saturated carbocycles. The molecule has 2 heterocycles. The van der Waals surface area contributed by atoms with Crippen molar-refractivity contribution in [2.45, 2.75) is 26.8 Å². The average molecular weight is 423 g/mol. The summed E-state index contributed by atoms with van der Waals surface area (Å²) in [5, 5.41) is 7.93. The Morgan fingerprint density at radius 2 is 1.87 bits per heavy atom. The Balaban J connectivity index is 1.61. The van der Waals surface area contributed by atoms with Crippen molar-refractivity contribution in [3.05, 3.63) is 99.2 Å². The molecule has 0 unspecified atom stereocenters. The molecule has 0 radical (unpaired) electrons.